The van der Waals surface area contributed by atoms with Gasteiger partial charge in [-0.15, -0.1) is 11.3 Å². The molecule has 8 heteroatoms. The molecule has 0 unspecified atom stereocenters. The zero-order valence-electron chi connectivity index (χ0n) is 17.4. The minimum absolute atomic E-state index is 0.0346. The number of nitrogens with one attached hydrogen (secondary N) is 1. The van der Waals surface area contributed by atoms with Gasteiger partial charge in [0.15, 0.2) is 0 Å². The van der Waals surface area contributed by atoms with Crippen molar-refractivity contribution in [3.63, 3.8) is 0 Å². The molecule has 2 heterocycles. The van der Waals surface area contributed by atoms with E-state index in [1.54, 1.807) is 18.3 Å². The molecule has 2 N–H and O–H groups in total. The van der Waals surface area contributed by atoms with Crippen molar-refractivity contribution in [1.29, 1.82) is 0 Å². The van der Waals surface area contributed by atoms with Crippen LogP contribution in [-0.4, -0.2) is 40.7 Å². The number of aliphatic hydroxyl groups is 1. The zero-order valence-corrected chi connectivity index (χ0v) is 18.9. The van der Waals surface area contributed by atoms with Crippen LogP contribution in [0.4, 0.5) is 0 Å². The van der Waals surface area contributed by atoms with Crippen molar-refractivity contribution in [1.82, 2.24) is 14.8 Å². The van der Waals surface area contributed by atoms with E-state index >= 15 is 0 Å². The van der Waals surface area contributed by atoms with E-state index in [1.807, 2.05) is 42.6 Å². The predicted octanol–water partition coefficient (Wildman–Crippen LogP) is 2.84. The van der Waals surface area contributed by atoms with Crippen molar-refractivity contribution in [2.24, 2.45) is 7.05 Å². The lowest BCUT2D eigenvalue weighted by atomic mass is 10.1. The molecule has 6 nitrogen and oxygen atoms in total. The van der Waals surface area contributed by atoms with Gasteiger partial charge in [-0.3, -0.25) is 14.5 Å². The number of nitrogens with zero attached hydrogens (tertiary/aromatic N) is 2. The summed E-state index contributed by atoms with van der Waals surface area (Å²) in [4.78, 5) is 28.6. The van der Waals surface area contributed by atoms with E-state index < -0.39 is 0 Å². The SMILES string of the molecule is Cc1c(CN(C)CCO)sc2c(=O)c(CC(=O)NCc3ccc(Cl)cc3)cn(C)c12. The summed E-state index contributed by atoms with van der Waals surface area (Å²) < 4.78 is 2.60. The van der Waals surface area contributed by atoms with Gasteiger partial charge in [0.2, 0.25) is 11.3 Å². The van der Waals surface area contributed by atoms with Gasteiger partial charge in [0.25, 0.3) is 0 Å². The number of hydrogen-bond donors (Lipinski definition) is 2. The molecule has 0 atom stereocenters. The highest BCUT2D eigenvalue weighted by atomic mass is 35.5. The quantitative estimate of drug-likeness (QED) is 0.556. The van der Waals surface area contributed by atoms with Gasteiger partial charge in [-0.1, -0.05) is 23.7 Å². The number of halogens is 1. The number of likely N-dealkylation sites (N-methyl/N-ethyl adjacent to an activating group) is 1. The summed E-state index contributed by atoms with van der Waals surface area (Å²) in [6.07, 6.45) is 1.79. The van der Waals surface area contributed by atoms with Gasteiger partial charge in [0, 0.05) is 48.3 Å². The Morgan fingerprint density at radius 1 is 1.30 bits per heavy atom. The number of fused-ring (bicyclic) bond motifs is 1. The standard InChI is InChI=1S/C22H26ClN3O3S/c1-14-18(13-25(2)8-9-27)30-22-20(14)26(3)12-16(21(22)29)10-19(28)24-11-15-4-6-17(23)7-5-15/h4-7,12,27H,8-11,13H2,1-3H3,(H,24,28). The minimum atomic E-state index is -0.197. The van der Waals surface area contributed by atoms with Gasteiger partial charge in [-0.25, -0.2) is 0 Å². The maximum atomic E-state index is 13.1. The van der Waals surface area contributed by atoms with Crippen LogP contribution in [0.1, 0.15) is 21.6 Å². The molecular formula is C22H26ClN3O3S. The molecule has 0 saturated carbocycles. The molecule has 0 aliphatic rings. The Morgan fingerprint density at radius 2 is 2.00 bits per heavy atom. The van der Waals surface area contributed by atoms with E-state index in [4.69, 9.17) is 16.7 Å². The van der Waals surface area contributed by atoms with Gasteiger partial charge >= 0.3 is 0 Å². The van der Waals surface area contributed by atoms with Crippen LogP contribution in [0.25, 0.3) is 10.2 Å². The van der Waals surface area contributed by atoms with E-state index in [9.17, 15) is 9.59 Å². The fourth-order valence-corrected chi connectivity index (χ4v) is 4.97. The molecule has 1 amide bonds. The maximum absolute atomic E-state index is 13.1. The first-order valence-electron chi connectivity index (χ1n) is 9.71. The molecule has 0 spiro atoms. The molecule has 1 aromatic carbocycles. The van der Waals surface area contributed by atoms with E-state index in [2.05, 4.69) is 5.32 Å². The van der Waals surface area contributed by atoms with Crippen LogP contribution in [0.2, 0.25) is 5.02 Å². The monoisotopic (exact) mass is 447 g/mol. The summed E-state index contributed by atoms with van der Waals surface area (Å²) in [5.74, 6) is -0.197. The average Bonchev–Trinajstić information content (AvgIpc) is 3.02. The Morgan fingerprint density at radius 3 is 2.67 bits per heavy atom. The van der Waals surface area contributed by atoms with E-state index in [0.29, 0.717) is 34.9 Å². The van der Waals surface area contributed by atoms with Crippen LogP contribution >= 0.6 is 22.9 Å². The molecule has 0 bridgehead atoms. The summed E-state index contributed by atoms with van der Waals surface area (Å²) in [7, 11) is 3.84. The average molecular weight is 448 g/mol. The van der Waals surface area contributed by atoms with Crippen molar-refractivity contribution in [3.8, 4) is 0 Å². The molecule has 2 aromatic heterocycles. The van der Waals surface area contributed by atoms with Gasteiger partial charge in [0.05, 0.1) is 23.2 Å². The summed E-state index contributed by atoms with van der Waals surface area (Å²) in [6.45, 7) is 3.73. The van der Waals surface area contributed by atoms with Gasteiger partial charge in [-0.05, 0) is 37.2 Å². The topological polar surface area (TPSA) is 74.6 Å². The number of carbonyl (C=O) groups excluding carboxylic acids is 1. The fourth-order valence-electron chi connectivity index (χ4n) is 3.44. The second kappa shape index (κ2) is 9.75. The van der Waals surface area contributed by atoms with Crippen LogP contribution in [0.5, 0.6) is 0 Å². The van der Waals surface area contributed by atoms with Crippen LogP contribution in [-0.2, 0) is 31.4 Å². The zero-order chi connectivity index (χ0) is 21.8. The molecule has 0 fully saturated rings. The third kappa shape index (κ3) is 5.10. The number of thiophene rings is 1. The number of carbonyl (C=O) groups is 1. The Hall–Kier alpha value is -2.19. The molecule has 0 aliphatic heterocycles. The lowest BCUT2D eigenvalue weighted by Gasteiger charge is -2.14. The Balaban J connectivity index is 1.79. The predicted molar refractivity (Wildman–Crippen MR) is 122 cm³/mol. The molecule has 0 radical (unpaired) electrons. The van der Waals surface area contributed by atoms with Gasteiger partial charge in [-0.2, -0.15) is 0 Å². The van der Waals surface area contributed by atoms with Crippen molar-refractivity contribution < 1.29 is 9.90 Å². The van der Waals surface area contributed by atoms with Crippen molar-refractivity contribution >= 4 is 39.1 Å². The van der Waals surface area contributed by atoms with Crippen LogP contribution in [0.15, 0.2) is 35.3 Å². The second-order valence-electron chi connectivity index (χ2n) is 7.46. The number of rotatable bonds is 8. The Bertz CT molecular complexity index is 1110. The van der Waals surface area contributed by atoms with E-state index in [-0.39, 0.29) is 24.4 Å². The summed E-state index contributed by atoms with van der Waals surface area (Å²) in [5.41, 5.74) is 3.31. The molecule has 0 aliphatic carbocycles. The van der Waals surface area contributed by atoms with E-state index in [0.717, 1.165) is 21.5 Å². The minimum Gasteiger partial charge on any atom is -0.395 e. The number of amides is 1. The van der Waals surface area contributed by atoms with E-state index in [1.165, 1.54) is 11.3 Å². The molecule has 30 heavy (non-hydrogen) atoms. The molecule has 3 rings (SSSR count). The summed E-state index contributed by atoms with van der Waals surface area (Å²) >= 11 is 7.35. The first-order chi connectivity index (χ1) is 14.3. The number of benzene rings is 1. The smallest absolute Gasteiger partial charge is 0.224 e. The Kier molecular flexibility index (Phi) is 7.31. The van der Waals surface area contributed by atoms with Crippen molar-refractivity contribution in [2.75, 3.05) is 20.2 Å². The largest absolute Gasteiger partial charge is 0.395 e. The summed E-state index contributed by atoms with van der Waals surface area (Å²) in [6, 6.07) is 7.28. The van der Waals surface area contributed by atoms with Crippen molar-refractivity contribution in [2.45, 2.75) is 26.4 Å². The highest BCUT2D eigenvalue weighted by Gasteiger charge is 2.18. The number of aryl methyl sites for hydroxylation is 2. The van der Waals surface area contributed by atoms with Gasteiger partial charge < -0.3 is 15.0 Å². The van der Waals surface area contributed by atoms with Gasteiger partial charge in [0.1, 0.15) is 0 Å². The highest BCUT2D eigenvalue weighted by Crippen LogP contribution is 2.29. The third-order valence-electron chi connectivity index (χ3n) is 5.06. The van der Waals surface area contributed by atoms with Crippen LogP contribution in [0.3, 0.4) is 0 Å². The van der Waals surface area contributed by atoms with Crippen molar-refractivity contribution in [3.05, 3.63) is 67.3 Å². The molecule has 0 saturated heterocycles. The summed E-state index contributed by atoms with van der Waals surface area (Å²) in [5, 5.41) is 12.6. The highest BCUT2D eigenvalue weighted by molar-refractivity contribution is 7.19. The Labute approximate surface area is 184 Å². The molecular weight excluding hydrogens is 422 g/mol. The number of aliphatic hydroxyl groups excluding tert-OH is 1. The number of hydrogen-bond acceptors (Lipinski definition) is 5. The fraction of sp³-hybridized carbons (Fsp3) is 0.364. The second-order valence-corrected chi connectivity index (χ2v) is 9.01. The lowest BCUT2D eigenvalue weighted by Crippen LogP contribution is -2.27. The maximum Gasteiger partial charge on any atom is 0.224 e. The normalized spacial score (nSPS) is 11.4. The lowest BCUT2D eigenvalue weighted by molar-refractivity contribution is -0.120. The first-order valence-corrected chi connectivity index (χ1v) is 10.9. The number of aromatic nitrogens is 1. The molecule has 3 aromatic rings. The van der Waals surface area contributed by atoms with Crippen LogP contribution in [0, 0.1) is 6.92 Å². The van der Waals surface area contributed by atoms with Crippen LogP contribution < -0.4 is 10.7 Å². The number of pyridine rings is 1. The third-order valence-corrected chi connectivity index (χ3v) is 6.58. The first kappa shape index (κ1) is 22.5. The molecule has 160 valence electrons.